The molecule has 2 aliphatic rings. The molecule has 0 aromatic heterocycles. The summed E-state index contributed by atoms with van der Waals surface area (Å²) in [6, 6.07) is 0. The van der Waals surface area contributed by atoms with Gasteiger partial charge in [0.15, 0.2) is 0 Å². The van der Waals surface area contributed by atoms with Crippen molar-refractivity contribution in [3.63, 3.8) is 0 Å². The van der Waals surface area contributed by atoms with E-state index in [-0.39, 0.29) is 5.91 Å². The summed E-state index contributed by atoms with van der Waals surface area (Å²) in [6.07, 6.45) is 3.85. The Morgan fingerprint density at radius 2 is 2.31 bits per heavy atom. The Kier molecular flexibility index (Phi) is 3.50. The molecule has 1 aliphatic carbocycles. The van der Waals surface area contributed by atoms with E-state index in [0.717, 1.165) is 19.7 Å². The number of amides is 1. The number of likely N-dealkylation sites (N-methyl/N-ethyl adjacent to an activating group) is 1. The number of likely N-dealkylation sites (tertiary alicyclic amines) is 1. The van der Waals surface area contributed by atoms with E-state index in [1.54, 1.807) is 7.11 Å². The summed E-state index contributed by atoms with van der Waals surface area (Å²) in [5.74, 6) is 0.777. The van der Waals surface area contributed by atoms with Crippen LogP contribution < -0.4 is 5.32 Å². The predicted octanol–water partition coefficient (Wildman–Crippen LogP) is 0.481. The van der Waals surface area contributed by atoms with Crippen LogP contribution in [0.1, 0.15) is 19.3 Å². The van der Waals surface area contributed by atoms with Crippen molar-refractivity contribution in [1.82, 2.24) is 10.2 Å². The van der Waals surface area contributed by atoms with Gasteiger partial charge in [-0.15, -0.1) is 0 Å². The molecule has 1 N–H and O–H groups in total. The van der Waals surface area contributed by atoms with Crippen LogP contribution in [0.4, 0.5) is 0 Å². The maximum Gasteiger partial charge on any atom is 0.236 e. The topological polar surface area (TPSA) is 41.6 Å². The third-order valence-corrected chi connectivity index (χ3v) is 4.21. The number of ether oxygens (including phenoxy) is 1. The zero-order valence-electron chi connectivity index (χ0n) is 10.3. The monoisotopic (exact) mass is 226 g/mol. The van der Waals surface area contributed by atoms with Gasteiger partial charge in [-0.2, -0.15) is 0 Å². The summed E-state index contributed by atoms with van der Waals surface area (Å²) >= 11 is 0. The highest BCUT2D eigenvalue weighted by Crippen LogP contribution is 2.51. The van der Waals surface area contributed by atoms with E-state index in [9.17, 15) is 4.79 Å². The molecule has 16 heavy (non-hydrogen) atoms. The fraction of sp³-hybridized carbons (Fsp3) is 0.917. The minimum absolute atomic E-state index is 0.229. The van der Waals surface area contributed by atoms with Crippen molar-refractivity contribution in [2.24, 2.45) is 11.3 Å². The summed E-state index contributed by atoms with van der Waals surface area (Å²) in [5.41, 5.74) is 0.388. The van der Waals surface area contributed by atoms with Crippen LogP contribution >= 0.6 is 0 Å². The average molecular weight is 226 g/mol. The number of nitrogens with zero attached hydrogens (tertiary/aromatic N) is 1. The quantitative estimate of drug-likeness (QED) is 0.758. The maximum absolute atomic E-state index is 11.8. The molecule has 1 spiro atoms. The molecule has 92 valence electrons. The minimum Gasteiger partial charge on any atom is -0.384 e. The smallest absolute Gasteiger partial charge is 0.236 e. The molecule has 1 heterocycles. The first-order valence-electron chi connectivity index (χ1n) is 6.13. The Morgan fingerprint density at radius 1 is 1.56 bits per heavy atom. The van der Waals surface area contributed by atoms with Crippen LogP contribution in [-0.2, 0) is 9.53 Å². The molecule has 1 atom stereocenters. The molecule has 1 amide bonds. The van der Waals surface area contributed by atoms with Gasteiger partial charge in [0, 0.05) is 26.1 Å². The lowest BCUT2D eigenvalue weighted by molar-refractivity contribution is -0.129. The van der Waals surface area contributed by atoms with E-state index in [1.807, 2.05) is 11.9 Å². The van der Waals surface area contributed by atoms with Crippen molar-refractivity contribution in [2.45, 2.75) is 19.3 Å². The van der Waals surface area contributed by atoms with E-state index in [0.29, 0.717) is 17.9 Å². The van der Waals surface area contributed by atoms with E-state index < -0.39 is 0 Å². The second kappa shape index (κ2) is 4.72. The first kappa shape index (κ1) is 11.9. The number of methoxy groups -OCH3 is 1. The van der Waals surface area contributed by atoms with Gasteiger partial charge in [0.2, 0.25) is 5.91 Å². The molecule has 2 fully saturated rings. The summed E-state index contributed by atoms with van der Waals surface area (Å²) < 4.78 is 5.29. The molecule has 2 rings (SSSR count). The van der Waals surface area contributed by atoms with Gasteiger partial charge in [-0.25, -0.2) is 0 Å². The summed E-state index contributed by atoms with van der Waals surface area (Å²) in [7, 11) is 3.57. The van der Waals surface area contributed by atoms with Gasteiger partial charge in [-0.1, -0.05) is 6.42 Å². The van der Waals surface area contributed by atoms with Crippen LogP contribution in [0, 0.1) is 11.3 Å². The van der Waals surface area contributed by atoms with E-state index in [2.05, 4.69) is 5.32 Å². The van der Waals surface area contributed by atoms with Crippen molar-refractivity contribution < 1.29 is 9.53 Å². The van der Waals surface area contributed by atoms with E-state index in [4.69, 9.17) is 4.74 Å². The average Bonchev–Trinajstić information content (AvgIpc) is 2.58. The zero-order chi connectivity index (χ0) is 11.6. The normalized spacial score (nSPS) is 27.1. The van der Waals surface area contributed by atoms with Gasteiger partial charge in [0.05, 0.1) is 13.2 Å². The Balaban J connectivity index is 1.98. The Hall–Kier alpha value is -0.610. The maximum atomic E-state index is 11.8. The molecular formula is C12H22N2O2. The van der Waals surface area contributed by atoms with Gasteiger partial charge in [0.25, 0.3) is 0 Å². The lowest BCUT2D eigenvalue weighted by atomic mass is 9.63. The van der Waals surface area contributed by atoms with Crippen molar-refractivity contribution in [1.29, 1.82) is 0 Å². The van der Waals surface area contributed by atoms with Gasteiger partial charge in [-0.3, -0.25) is 4.79 Å². The SMILES string of the molecule is CNCC(=O)N1C[C@H](COC)C2(CCC2)C1. The van der Waals surface area contributed by atoms with E-state index in [1.165, 1.54) is 19.3 Å². The number of nitrogens with one attached hydrogen (secondary N) is 1. The molecule has 1 aliphatic heterocycles. The molecule has 0 radical (unpaired) electrons. The molecule has 0 bridgehead atoms. The van der Waals surface area contributed by atoms with Crippen LogP contribution in [0.15, 0.2) is 0 Å². The molecule has 1 saturated heterocycles. The summed E-state index contributed by atoms with van der Waals surface area (Å²) in [4.78, 5) is 13.9. The van der Waals surface area contributed by atoms with Crippen molar-refractivity contribution in [3.8, 4) is 0 Å². The number of rotatable bonds is 4. The molecule has 4 heteroatoms. The highest BCUT2D eigenvalue weighted by molar-refractivity contribution is 5.78. The number of carbonyl (C=O) groups excluding carboxylic acids is 1. The third-order valence-electron chi connectivity index (χ3n) is 4.21. The molecular weight excluding hydrogens is 204 g/mol. The molecule has 1 saturated carbocycles. The molecule has 0 unspecified atom stereocenters. The second-order valence-electron chi connectivity index (χ2n) is 5.17. The fourth-order valence-electron chi connectivity index (χ4n) is 3.11. The van der Waals surface area contributed by atoms with Crippen molar-refractivity contribution >= 4 is 5.91 Å². The summed E-state index contributed by atoms with van der Waals surface area (Å²) in [5, 5.41) is 2.93. The van der Waals surface area contributed by atoms with Gasteiger partial charge in [0.1, 0.15) is 0 Å². The lowest BCUT2D eigenvalue weighted by Crippen LogP contribution is -2.40. The number of hydrogen-bond acceptors (Lipinski definition) is 3. The van der Waals surface area contributed by atoms with E-state index >= 15 is 0 Å². The minimum atomic E-state index is 0.229. The third kappa shape index (κ3) is 1.96. The van der Waals surface area contributed by atoms with Gasteiger partial charge < -0.3 is 15.0 Å². The number of carbonyl (C=O) groups is 1. The highest BCUT2D eigenvalue weighted by Gasteiger charge is 2.50. The van der Waals surface area contributed by atoms with Crippen molar-refractivity contribution in [3.05, 3.63) is 0 Å². The second-order valence-corrected chi connectivity index (χ2v) is 5.17. The van der Waals surface area contributed by atoms with Gasteiger partial charge in [-0.05, 0) is 25.3 Å². The highest BCUT2D eigenvalue weighted by atomic mass is 16.5. The Labute approximate surface area is 97.3 Å². The largest absolute Gasteiger partial charge is 0.384 e. The summed E-state index contributed by atoms with van der Waals surface area (Å²) in [6.45, 7) is 3.08. The van der Waals surface area contributed by atoms with Crippen LogP contribution in [-0.4, -0.2) is 51.2 Å². The van der Waals surface area contributed by atoms with Crippen LogP contribution in [0.5, 0.6) is 0 Å². The zero-order valence-corrected chi connectivity index (χ0v) is 10.3. The first-order valence-corrected chi connectivity index (χ1v) is 6.13. The Bertz CT molecular complexity index is 264. The first-order chi connectivity index (χ1) is 7.72. The van der Waals surface area contributed by atoms with Crippen LogP contribution in [0.2, 0.25) is 0 Å². The van der Waals surface area contributed by atoms with Crippen molar-refractivity contribution in [2.75, 3.05) is 40.4 Å². The standard InChI is InChI=1S/C12H22N2O2/c1-13-6-11(15)14-7-10(8-16-2)12(9-14)4-3-5-12/h10,13H,3-9H2,1-2H3/t10-/m1/s1. The van der Waals surface area contributed by atoms with Crippen LogP contribution in [0.3, 0.4) is 0 Å². The molecule has 4 nitrogen and oxygen atoms in total. The van der Waals surface area contributed by atoms with Crippen LogP contribution in [0.25, 0.3) is 0 Å². The van der Waals surface area contributed by atoms with Gasteiger partial charge >= 0.3 is 0 Å². The molecule has 0 aromatic rings. The number of hydrogen-bond donors (Lipinski definition) is 1. The predicted molar refractivity (Wildman–Crippen MR) is 62.2 cm³/mol. The Morgan fingerprint density at radius 3 is 2.81 bits per heavy atom. The molecule has 0 aromatic carbocycles. The lowest BCUT2D eigenvalue weighted by Gasteiger charge is -2.42. The fourth-order valence-corrected chi connectivity index (χ4v) is 3.11.